The highest BCUT2D eigenvalue weighted by molar-refractivity contribution is 6.34. The van der Waals surface area contributed by atoms with Gasteiger partial charge in [-0.2, -0.15) is 0 Å². The lowest BCUT2D eigenvalue weighted by molar-refractivity contribution is -0.110. The summed E-state index contributed by atoms with van der Waals surface area (Å²) in [4.78, 5) is 18.4. The summed E-state index contributed by atoms with van der Waals surface area (Å²) < 4.78 is 0. The van der Waals surface area contributed by atoms with Gasteiger partial charge in [0.05, 0.1) is 5.57 Å². The summed E-state index contributed by atoms with van der Waals surface area (Å²) in [6, 6.07) is 7.94. The second-order valence-electron chi connectivity index (χ2n) is 7.65. The average molecular weight is 349 g/mol. The van der Waals surface area contributed by atoms with E-state index in [0.717, 1.165) is 54.7 Å². The van der Waals surface area contributed by atoms with Crippen molar-refractivity contribution < 1.29 is 4.79 Å². The molecule has 26 heavy (non-hydrogen) atoms. The SMILES string of the molecule is CN(C)CCCc1c(/C=C2/C(=O)Nc3ccccc32)[nH]c2c1CCCC2. The molecule has 0 atom stereocenters. The van der Waals surface area contributed by atoms with Gasteiger partial charge in [0.1, 0.15) is 0 Å². The molecular formula is C22H27N3O. The van der Waals surface area contributed by atoms with Crippen molar-refractivity contribution in [3.05, 3.63) is 52.3 Å². The topological polar surface area (TPSA) is 48.1 Å². The lowest BCUT2D eigenvalue weighted by Gasteiger charge is -2.14. The Balaban J connectivity index is 1.72. The summed E-state index contributed by atoms with van der Waals surface area (Å²) in [5, 5.41) is 2.98. The van der Waals surface area contributed by atoms with E-state index in [4.69, 9.17) is 0 Å². The van der Waals surface area contributed by atoms with Crippen LogP contribution in [-0.4, -0.2) is 36.4 Å². The number of aromatic amines is 1. The summed E-state index contributed by atoms with van der Waals surface area (Å²) in [6.07, 6.45) is 9.08. The first kappa shape index (κ1) is 17.1. The van der Waals surface area contributed by atoms with Crippen LogP contribution in [0, 0.1) is 0 Å². The van der Waals surface area contributed by atoms with Crippen LogP contribution < -0.4 is 5.32 Å². The Hall–Kier alpha value is -2.33. The van der Waals surface area contributed by atoms with Crippen molar-refractivity contribution in [1.29, 1.82) is 0 Å². The maximum absolute atomic E-state index is 12.5. The number of hydrogen-bond acceptors (Lipinski definition) is 2. The van der Waals surface area contributed by atoms with Crippen molar-refractivity contribution in [1.82, 2.24) is 9.88 Å². The van der Waals surface area contributed by atoms with Crippen LogP contribution in [-0.2, 0) is 24.1 Å². The monoisotopic (exact) mass is 349 g/mol. The van der Waals surface area contributed by atoms with Gasteiger partial charge in [0.25, 0.3) is 5.91 Å². The number of aromatic nitrogens is 1. The first-order chi connectivity index (χ1) is 12.6. The number of hydrogen-bond donors (Lipinski definition) is 2. The molecule has 0 spiro atoms. The summed E-state index contributed by atoms with van der Waals surface area (Å²) in [7, 11) is 4.24. The number of amides is 1. The molecule has 2 aliphatic rings. The molecule has 2 N–H and O–H groups in total. The highest BCUT2D eigenvalue weighted by atomic mass is 16.2. The number of nitrogens with one attached hydrogen (secondary N) is 2. The zero-order valence-electron chi connectivity index (χ0n) is 15.7. The van der Waals surface area contributed by atoms with Gasteiger partial charge >= 0.3 is 0 Å². The molecule has 1 amide bonds. The Morgan fingerprint density at radius 1 is 1.15 bits per heavy atom. The van der Waals surface area contributed by atoms with Crippen molar-refractivity contribution in [2.45, 2.75) is 38.5 Å². The molecule has 136 valence electrons. The van der Waals surface area contributed by atoms with E-state index in [2.05, 4.69) is 35.4 Å². The molecule has 0 radical (unpaired) electrons. The summed E-state index contributed by atoms with van der Waals surface area (Å²) in [5.74, 6) is -0.00184. The fraction of sp³-hybridized carbons (Fsp3) is 0.409. The zero-order valence-corrected chi connectivity index (χ0v) is 15.7. The van der Waals surface area contributed by atoms with E-state index in [1.54, 1.807) is 0 Å². The minimum Gasteiger partial charge on any atom is -0.358 e. The predicted octanol–water partition coefficient (Wildman–Crippen LogP) is 3.88. The molecule has 0 unspecified atom stereocenters. The average Bonchev–Trinajstić information content (AvgIpc) is 3.13. The molecule has 0 fully saturated rings. The second-order valence-corrected chi connectivity index (χ2v) is 7.65. The maximum Gasteiger partial charge on any atom is 0.256 e. The highest BCUT2D eigenvalue weighted by Gasteiger charge is 2.25. The van der Waals surface area contributed by atoms with Gasteiger partial charge in [0.2, 0.25) is 0 Å². The number of rotatable bonds is 5. The van der Waals surface area contributed by atoms with Gasteiger partial charge in [0.15, 0.2) is 0 Å². The highest BCUT2D eigenvalue weighted by Crippen LogP contribution is 2.35. The minimum absolute atomic E-state index is 0.00184. The molecule has 1 aromatic carbocycles. The van der Waals surface area contributed by atoms with Crippen LogP contribution >= 0.6 is 0 Å². The molecular weight excluding hydrogens is 322 g/mol. The first-order valence-electron chi connectivity index (χ1n) is 9.63. The third kappa shape index (κ3) is 3.21. The molecule has 1 aliphatic heterocycles. The molecule has 2 heterocycles. The van der Waals surface area contributed by atoms with Crippen LogP contribution in [0.25, 0.3) is 11.6 Å². The standard InChI is InChI=1S/C22H27N3O/c1-25(2)13-7-10-16-15-8-3-5-11-19(15)23-21(16)14-18-17-9-4-6-12-20(17)24-22(18)26/h4,6,9,12,14,23H,3,5,7-8,10-11,13H2,1-2H3,(H,24,26)/b18-14+. The van der Waals surface area contributed by atoms with E-state index >= 15 is 0 Å². The second kappa shape index (κ2) is 7.12. The van der Waals surface area contributed by atoms with E-state index in [-0.39, 0.29) is 5.91 Å². The number of fused-ring (bicyclic) bond motifs is 2. The predicted molar refractivity (Wildman–Crippen MR) is 107 cm³/mol. The maximum atomic E-state index is 12.5. The largest absolute Gasteiger partial charge is 0.358 e. The molecule has 1 aliphatic carbocycles. The number of benzene rings is 1. The fourth-order valence-electron chi connectivity index (χ4n) is 4.18. The van der Waals surface area contributed by atoms with E-state index in [0.29, 0.717) is 0 Å². The third-order valence-electron chi connectivity index (χ3n) is 5.47. The number of carbonyl (C=O) groups excluding carboxylic acids is 1. The summed E-state index contributed by atoms with van der Waals surface area (Å²) >= 11 is 0. The Morgan fingerprint density at radius 2 is 1.96 bits per heavy atom. The smallest absolute Gasteiger partial charge is 0.256 e. The number of anilines is 1. The molecule has 2 aromatic rings. The third-order valence-corrected chi connectivity index (χ3v) is 5.47. The molecule has 0 saturated heterocycles. The van der Waals surface area contributed by atoms with Gasteiger partial charge < -0.3 is 15.2 Å². The number of nitrogens with zero attached hydrogens (tertiary/aromatic N) is 1. The van der Waals surface area contributed by atoms with Gasteiger partial charge in [-0.1, -0.05) is 18.2 Å². The normalized spacial score (nSPS) is 17.5. The van der Waals surface area contributed by atoms with Gasteiger partial charge in [-0.3, -0.25) is 4.79 Å². The van der Waals surface area contributed by atoms with Crippen LogP contribution in [0.4, 0.5) is 5.69 Å². The van der Waals surface area contributed by atoms with E-state index in [1.165, 1.54) is 29.7 Å². The van der Waals surface area contributed by atoms with Gasteiger partial charge in [-0.25, -0.2) is 0 Å². The van der Waals surface area contributed by atoms with Crippen molar-refractivity contribution in [3.63, 3.8) is 0 Å². The van der Waals surface area contributed by atoms with E-state index in [1.807, 2.05) is 24.3 Å². The Bertz CT molecular complexity index is 860. The van der Waals surface area contributed by atoms with Crippen LogP contribution in [0.2, 0.25) is 0 Å². The molecule has 4 nitrogen and oxygen atoms in total. The number of para-hydroxylation sites is 1. The van der Waals surface area contributed by atoms with Crippen molar-refractivity contribution in [3.8, 4) is 0 Å². The molecule has 0 saturated carbocycles. The number of carbonyl (C=O) groups is 1. The Kier molecular flexibility index (Phi) is 4.68. The zero-order chi connectivity index (χ0) is 18.1. The number of H-pyrrole nitrogens is 1. The molecule has 1 aromatic heterocycles. The molecule has 0 bridgehead atoms. The fourth-order valence-corrected chi connectivity index (χ4v) is 4.18. The van der Waals surface area contributed by atoms with Crippen LogP contribution in [0.1, 0.15) is 47.3 Å². The molecule has 4 heteroatoms. The van der Waals surface area contributed by atoms with E-state index in [9.17, 15) is 4.79 Å². The summed E-state index contributed by atoms with van der Waals surface area (Å²) in [6.45, 7) is 1.08. The number of aryl methyl sites for hydroxylation is 1. The van der Waals surface area contributed by atoms with Gasteiger partial charge in [-0.05, 0) is 82.4 Å². The van der Waals surface area contributed by atoms with Gasteiger partial charge in [0, 0.05) is 22.6 Å². The van der Waals surface area contributed by atoms with Crippen molar-refractivity contribution >= 4 is 23.2 Å². The van der Waals surface area contributed by atoms with Gasteiger partial charge in [-0.15, -0.1) is 0 Å². The lowest BCUT2D eigenvalue weighted by atomic mass is 9.92. The quantitative estimate of drug-likeness (QED) is 0.805. The molecule has 4 rings (SSSR count). The van der Waals surface area contributed by atoms with Crippen LogP contribution in [0.5, 0.6) is 0 Å². The first-order valence-corrected chi connectivity index (χ1v) is 9.63. The van der Waals surface area contributed by atoms with Crippen LogP contribution in [0.15, 0.2) is 24.3 Å². The van der Waals surface area contributed by atoms with Crippen molar-refractivity contribution in [2.24, 2.45) is 0 Å². The van der Waals surface area contributed by atoms with E-state index < -0.39 is 0 Å². The lowest BCUT2D eigenvalue weighted by Crippen LogP contribution is -2.14. The van der Waals surface area contributed by atoms with Crippen molar-refractivity contribution in [2.75, 3.05) is 26.0 Å². The minimum atomic E-state index is -0.00184. The Labute approximate surface area is 155 Å². The summed E-state index contributed by atoms with van der Waals surface area (Å²) in [5.41, 5.74) is 8.14. The Morgan fingerprint density at radius 3 is 2.81 bits per heavy atom. The van der Waals surface area contributed by atoms with Crippen LogP contribution in [0.3, 0.4) is 0 Å².